The Morgan fingerprint density at radius 1 is 1.00 bits per heavy atom. The second kappa shape index (κ2) is 10.0. The number of hydrogen-bond donors (Lipinski definition) is 1. The number of nitrogens with one attached hydrogen (secondary N) is 1. The number of methoxy groups -OCH3 is 2. The molecule has 8 heteroatoms. The third kappa shape index (κ3) is 4.85. The molecule has 0 radical (unpaired) electrons. The van der Waals surface area contributed by atoms with Crippen LogP contribution in [0.4, 0.5) is 5.69 Å². The van der Waals surface area contributed by atoms with Gasteiger partial charge < -0.3 is 19.7 Å². The fourth-order valence-electron chi connectivity index (χ4n) is 4.35. The Bertz CT molecular complexity index is 1030. The number of carbonyl (C=O) groups is 3. The summed E-state index contributed by atoms with van der Waals surface area (Å²) in [6, 6.07) is 12.8. The monoisotopic (exact) mass is 451 g/mol. The van der Waals surface area contributed by atoms with Gasteiger partial charge in [0.25, 0.3) is 17.7 Å². The van der Waals surface area contributed by atoms with Crippen molar-refractivity contribution in [1.29, 1.82) is 0 Å². The van der Waals surface area contributed by atoms with E-state index in [1.54, 1.807) is 26.4 Å². The normalized spacial score (nSPS) is 16.2. The van der Waals surface area contributed by atoms with Crippen LogP contribution < -0.4 is 15.0 Å². The quantitative estimate of drug-likeness (QED) is 0.491. The van der Waals surface area contributed by atoms with Crippen molar-refractivity contribution in [3.63, 3.8) is 0 Å². The van der Waals surface area contributed by atoms with Crippen molar-refractivity contribution >= 4 is 23.4 Å². The Labute approximate surface area is 193 Å². The van der Waals surface area contributed by atoms with Gasteiger partial charge in [-0.2, -0.15) is 0 Å². The highest BCUT2D eigenvalue weighted by Gasteiger charge is 2.35. The number of rotatable bonds is 8. The van der Waals surface area contributed by atoms with Gasteiger partial charge in [-0.15, -0.1) is 0 Å². The zero-order chi connectivity index (χ0) is 23.4. The smallest absolute Gasteiger partial charge is 0.261 e. The Kier molecular flexibility index (Phi) is 6.93. The van der Waals surface area contributed by atoms with Crippen LogP contribution in [-0.4, -0.2) is 69.1 Å². The summed E-state index contributed by atoms with van der Waals surface area (Å²) < 4.78 is 10.2. The van der Waals surface area contributed by atoms with E-state index in [1.807, 2.05) is 24.3 Å². The van der Waals surface area contributed by atoms with Gasteiger partial charge in [-0.3, -0.25) is 19.3 Å². The molecule has 1 saturated heterocycles. The molecular weight excluding hydrogens is 422 g/mol. The molecule has 2 aromatic rings. The Morgan fingerprint density at radius 2 is 1.70 bits per heavy atom. The number of amides is 3. The van der Waals surface area contributed by atoms with E-state index in [9.17, 15) is 14.4 Å². The lowest BCUT2D eigenvalue weighted by atomic mass is 10.0. The average molecular weight is 452 g/mol. The molecule has 2 aliphatic rings. The number of nitrogens with zero attached hydrogens (tertiary/aromatic N) is 2. The lowest BCUT2D eigenvalue weighted by molar-refractivity contribution is 0.0638. The number of anilines is 1. The number of carbonyl (C=O) groups excluding carboxylic acids is 3. The first-order valence-electron chi connectivity index (χ1n) is 11.2. The van der Waals surface area contributed by atoms with Gasteiger partial charge in [-0.05, 0) is 61.7 Å². The third-order valence-corrected chi connectivity index (χ3v) is 6.23. The minimum absolute atomic E-state index is 0.0585. The number of piperidine rings is 1. The number of fused-ring (bicyclic) bond motifs is 1. The molecule has 2 heterocycles. The van der Waals surface area contributed by atoms with Crippen LogP contribution in [0, 0.1) is 0 Å². The highest BCUT2D eigenvalue weighted by atomic mass is 16.5. The predicted octanol–water partition coefficient (Wildman–Crippen LogP) is 2.73. The molecule has 0 bridgehead atoms. The maximum absolute atomic E-state index is 12.9. The molecule has 1 N–H and O–H groups in total. The van der Waals surface area contributed by atoms with Gasteiger partial charge in [-0.25, -0.2) is 0 Å². The van der Waals surface area contributed by atoms with Crippen LogP contribution in [0.25, 0.3) is 0 Å². The van der Waals surface area contributed by atoms with Crippen LogP contribution in [0.3, 0.4) is 0 Å². The minimum atomic E-state index is -0.353. The molecule has 0 unspecified atom stereocenters. The van der Waals surface area contributed by atoms with Crippen molar-refractivity contribution < 1.29 is 23.9 Å². The van der Waals surface area contributed by atoms with E-state index in [2.05, 4.69) is 10.2 Å². The zero-order valence-electron chi connectivity index (χ0n) is 19.0. The number of hydrogen-bond acceptors (Lipinski definition) is 6. The van der Waals surface area contributed by atoms with Crippen molar-refractivity contribution in [2.45, 2.75) is 25.3 Å². The minimum Gasteiger partial charge on any atom is -0.497 e. The molecule has 0 saturated carbocycles. The molecule has 2 aromatic carbocycles. The lowest BCUT2D eigenvalue weighted by Gasteiger charge is -2.34. The zero-order valence-corrected chi connectivity index (χ0v) is 19.0. The molecule has 0 atom stereocenters. The van der Waals surface area contributed by atoms with E-state index in [0.29, 0.717) is 36.3 Å². The summed E-state index contributed by atoms with van der Waals surface area (Å²) in [5.41, 5.74) is 2.17. The van der Waals surface area contributed by atoms with Crippen LogP contribution in [-0.2, 0) is 4.74 Å². The van der Waals surface area contributed by atoms with Crippen LogP contribution >= 0.6 is 0 Å². The fraction of sp³-hybridized carbons (Fsp3) is 0.400. The molecule has 0 spiro atoms. The SMILES string of the molecule is COCCCN1C(=O)c2ccc(C(=O)NC3CCN(c4ccc(OC)cc4)CC3)cc2C1=O. The van der Waals surface area contributed by atoms with E-state index in [4.69, 9.17) is 9.47 Å². The van der Waals surface area contributed by atoms with Crippen molar-refractivity contribution in [1.82, 2.24) is 10.2 Å². The van der Waals surface area contributed by atoms with Gasteiger partial charge >= 0.3 is 0 Å². The topological polar surface area (TPSA) is 88.2 Å². The first-order valence-corrected chi connectivity index (χ1v) is 11.2. The van der Waals surface area contributed by atoms with Crippen molar-refractivity contribution in [2.75, 3.05) is 45.4 Å². The van der Waals surface area contributed by atoms with Crippen LogP contribution in [0.15, 0.2) is 42.5 Å². The van der Waals surface area contributed by atoms with Gasteiger partial charge in [0.1, 0.15) is 5.75 Å². The molecular formula is C25H29N3O5. The maximum atomic E-state index is 12.9. The van der Waals surface area contributed by atoms with Gasteiger partial charge in [0.15, 0.2) is 0 Å². The molecule has 0 aromatic heterocycles. The number of benzene rings is 2. The second-order valence-corrected chi connectivity index (χ2v) is 8.30. The molecule has 4 rings (SSSR count). The first kappa shape index (κ1) is 22.8. The van der Waals surface area contributed by atoms with E-state index >= 15 is 0 Å². The van der Waals surface area contributed by atoms with E-state index in [1.165, 1.54) is 11.0 Å². The fourth-order valence-corrected chi connectivity index (χ4v) is 4.35. The molecule has 174 valence electrons. The number of imide groups is 1. The van der Waals surface area contributed by atoms with E-state index < -0.39 is 0 Å². The average Bonchev–Trinajstić information content (AvgIpc) is 3.09. The summed E-state index contributed by atoms with van der Waals surface area (Å²) in [5.74, 6) is -0.0650. The summed E-state index contributed by atoms with van der Waals surface area (Å²) in [6.07, 6.45) is 2.23. The summed E-state index contributed by atoms with van der Waals surface area (Å²) in [4.78, 5) is 41.6. The molecule has 2 aliphatic heterocycles. The van der Waals surface area contributed by atoms with Gasteiger partial charge in [0.05, 0.1) is 18.2 Å². The molecule has 8 nitrogen and oxygen atoms in total. The van der Waals surface area contributed by atoms with Crippen LogP contribution in [0.1, 0.15) is 50.3 Å². The number of ether oxygens (including phenoxy) is 2. The Balaban J connectivity index is 1.34. The first-order chi connectivity index (χ1) is 16.0. The third-order valence-electron chi connectivity index (χ3n) is 6.23. The Morgan fingerprint density at radius 3 is 2.36 bits per heavy atom. The highest BCUT2D eigenvalue weighted by Crippen LogP contribution is 2.25. The van der Waals surface area contributed by atoms with Crippen LogP contribution in [0.2, 0.25) is 0 Å². The van der Waals surface area contributed by atoms with E-state index in [0.717, 1.165) is 37.4 Å². The second-order valence-electron chi connectivity index (χ2n) is 8.30. The van der Waals surface area contributed by atoms with Crippen molar-refractivity contribution in [3.8, 4) is 5.75 Å². The van der Waals surface area contributed by atoms with Crippen molar-refractivity contribution in [2.24, 2.45) is 0 Å². The lowest BCUT2D eigenvalue weighted by Crippen LogP contribution is -2.44. The molecule has 3 amide bonds. The molecule has 1 fully saturated rings. The van der Waals surface area contributed by atoms with Crippen LogP contribution in [0.5, 0.6) is 5.75 Å². The molecule has 0 aliphatic carbocycles. The Hall–Kier alpha value is -3.39. The van der Waals surface area contributed by atoms with Gasteiger partial charge in [-0.1, -0.05) is 0 Å². The highest BCUT2D eigenvalue weighted by molar-refractivity contribution is 6.22. The molecule has 33 heavy (non-hydrogen) atoms. The summed E-state index contributed by atoms with van der Waals surface area (Å²) in [7, 11) is 3.23. The summed E-state index contributed by atoms with van der Waals surface area (Å²) >= 11 is 0. The predicted molar refractivity (Wildman–Crippen MR) is 124 cm³/mol. The van der Waals surface area contributed by atoms with Gasteiger partial charge in [0.2, 0.25) is 0 Å². The van der Waals surface area contributed by atoms with Gasteiger partial charge in [0, 0.05) is 50.6 Å². The van der Waals surface area contributed by atoms with Crippen molar-refractivity contribution in [3.05, 3.63) is 59.2 Å². The standard InChI is InChI=1S/C25H29N3O5/c1-32-15-3-12-28-24(30)21-9-4-17(16-22(21)25(28)31)23(29)26-18-10-13-27(14-11-18)19-5-7-20(33-2)8-6-19/h4-9,16,18H,3,10-15H2,1-2H3,(H,26,29). The van der Waals surface area contributed by atoms with E-state index in [-0.39, 0.29) is 23.8 Å². The maximum Gasteiger partial charge on any atom is 0.261 e. The summed E-state index contributed by atoms with van der Waals surface area (Å²) in [5, 5.41) is 3.08. The summed E-state index contributed by atoms with van der Waals surface area (Å²) in [6.45, 7) is 2.45. The largest absolute Gasteiger partial charge is 0.497 e.